The zero-order valence-electron chi connectivity index (χ0n) is 10.6. The summed E-state index contributed by atoms with van der Waals surface area (Å²) in [5, 5.41) is 13.7. The van der Waals surface area contributed by atoms with Crippen LogP contribution in [0, 0.1) is 0 Å². The van der Waals surface area contributed by atoms with E-state index in [0.717, 1.165) is 9.40 Å². The molecule has 0 aliphatic heterocycles. The fourth-order valence-corrected chi connectivity index (χ4v) is 3.92. The van der Waals surface area contributed by atoms with Gasteiger partial charge in [0.05, 0.1) is 16.1 Å². The fraction of sp³-hybridized carbons (Fsp3) is 0. The number of thiophene rings is 2. The van der Waals surface area contributed by atoms with Crippen molar-refractivity contribution in [3.8, 4) is 0 Å². The maximum atomic E-state index is 12.2. The van der Waals surface area contributed by atoms with Gasteiger partial charge >= 0.3 is 5.97 Å². The quantitative estimate of drug-likeness (QED) is 0.644. The third-order valence-electron chi connectivity index (χ3n) is 2.89. The number of carboxylic acid groups (broad SMARTS) is 1. The molecule has 0 radical (unpaired) electrons. The topological polar surface area (TPSA) is 92.4 Å². The number of carbonyl (C=O) groups excluding carboxylic acids is 1. The molecule has 2 heterocycles. The molecule has 0 aliphatic carbocycles. The van der Waals surface area contributed by atoms with Gasteiger partial charge in [0.1, 0.15) is 0 Å². The molecule has 0 fully saturated rings. The third kappa shape index (κ3) is 2.61. The Hall–Kier alpha value is -2.38. The first-order chi connectivity index (χ1) is 10.0. The summed E-state index contributed by atoms with van der Waals surface area (Å²) < 4.78 is 2.08. The van der Waals surface area contributed by atoms with Gasteiger partial charge < -0.3 is 16.2 Å². The smallest absolute Gasteiger partial charge is 0.337 e. The minimum absolute atomic E-state index is 0.0101. The summed E-state index contributed by atoms with van der Waals surface area (Å²) in [6, 6.07) is 8.05. The van der Waals surface area contributed by atoms with E-state index < -0.39 is 5.97 Å². The van der Waals surface area contributed by atoms with Crippen LogP contribution in [0.5, 0.6) is 0 Å². The molecule has 0 spiro atoms. The van der Waals surface area contributed by atoms with E-state index in [2.05, 4.69) is 5.32 Å². The molecular weight excluding hydrogens is 308 g/mol. The van der Waals surface area contributed by atoms with Crippen LogP contribution in [0.4, 0.5) is 11.4 Å². The highest BCUT2D eigenvalue weighted by molar-refractivity contribution is 7.27. The van der Waals surface area contributed by atoms with Crippen LogP contribution in [-0.4, -0.2) is 17.0 Å². The Morgan fingerprint density at radius 3 is 2.67 bits per heavy atom. The first-order valence-corrected chi connectivity index (χ1v) is 7.65. The van der Waals surface area contributed by atoms with Crippen molar-refractivity contribution in [3.05, 3.63) is 46.2 Å². The number of aromatic carboxylic acids is 1. The molecule has 0 bridgehead atoms. The largest absolute Gasteiger partial charge is 0.478 e. The van der Waals surface area contributed by atoms with Crippen LogP contribution in [0.3, 0.4) is 0 Å². The van der Waals surface area contributed by atoms with Crippen LogP contribution in [0.15, 0.2) is 35.7 Å². The van der Waals surface area contributed by atoms with Crippen molar-refractivity contribution in [3.63, 3.8) is 0 Å². The maximum Gasteiger partial charge on any atom is 0.337 e. The number of nitrogens with one attached hydrogen (secondary N) is 1. The molecule has 3 rings (SSSR count). The summed E-state index contributed by atoms with van der Waals surface area (Å²) in [6.07, 6.45) is 0. The minimum atomic E-state index is -1.11. The van der Waals surface area contributed by atoms with Crippen molar-refractivity contribution in [2.75, 3.05) is 11.1 Å². The number of hydrogen-bond donors (Lipinski definition) is 3. The fourth-order valence-electron chi connectivity index (χ4n) is 1.91. The van der Waals surface area contributed by atoms with E-state index >= 15 is 0 Å². The van der Waals surface area contributed by atoms with E-state index in [0.29, 0.717) is 10.6 Å². The summed E-state index contributed by atoms with van der Waals surface area (Å²) in [4.78, 5) is 23.9. The number of nitrogen functional groups attached to an aromatic ring is 1. The normalized spacial score (nSPS) is 10.7. The molecule has 5 nitrogen and oxygen atoms in total. The SMILES string of the molecule is Nc1ccc(C(=O)O)c(NC(=O)c2cc3sccc3s2)c1. The number of anilines is 2. The van der Waals surface area contributed by atoms with Crippen molar-refractivity contribution in [2.24, 2.45) is 0 Å². The molecule has 0 aliphatic rings. The van der Waals surface area contributed by atoms with Crippen molar-refractivity contribution >= 4 is 55.3 Å². The Balaban J connectivity index is 1.92. The van der Waals surface area contributed by atoms with Crippen LogP contribution < -0.4 is 11.1 Å². The van der Waals surface area contributed by atoms with Crippen LogP contribution in [0.1, 0.15) is 20.0 Å². The van der Waals surface area contributed by atoms with Gasteiger partial charge in [-0.1, -0.05) is 0 Å². The number of carbonyl (C=O) groups is 2. The number of carboxylic acids is 1. The van der Waals surface area contributed by atoms with E-state index in [1.165, 1.54) is 29.5 Å². The number of benzene rings is 1. The van der Waals surface area contributed by atoms with E-state index in [-0.39, 0.29) is 17.2 Å². The van der Waals surface area contributed by atoms with Crippen LogP contribution in [-0.2, 0) is 0 Å². The number of rotatable bonds is 3. The van der Waals surface area contributed by atoms with Crippen molar-refractivity contribution in [2.45, 2.75) is 0 Å². The van der Waals surface area contributed by atoms with Gasteiger partial charge in [-0.05, 0) is 35.7 Å². The van der Waals surface area contributed by atoms with Crippen molar-refractivity contribution < 1.29 is 14.7 Å². The summed E-state index contributed by atoms with van der Waals surface area (Å²) in [7, 11) is 0. The maximum absolute atomic E-state index is 12.2. The van der Waals surface area contributed by atoms with E-state index in [1.54, 1.807) is 17.4 Å². The van der Waals surface area contributed by atoms with Gasteiger partial charge in [-0.2, -0.15) is 0 Å². The van der Waals surface area contributed by atoms with Gasteiger partial charge in [0.25, 0.3) is 5.91 Å². The van der Waals surface area contributed by atoms with Crippen molar-refractivity contribution in [1.29, 1.82) is 0 Å². The average molecular weight is 318 g/mol. The molecule has 0 saturated heterocycles. The predicted octanol–water partition coefficient (Wildman–Crippen LogP) is 3.50. The van der Waals surface area contributed by atoms with Gasteiger partial charge in [-0.25, -0.2) is 4.79 Å². The zero-order chi connectivity index (χ0) is 15.0. The molecule has 4 N–H and O–H groups in total. The Morgan fingerprint density at radius 2 is 1.95 bits per heavy atom. The van der Waals surface area contributed by atoms with Gasteiger partial charge in [-0.3, -0.25) is 4.79 Å². The summed E-state index contributed by atoms with van der Waals surface area (Å²) >= 11 is 2.93. The lowest BCUT2D eigenvalue weighted by Crippen LogP contribution is -2.14. The van der Waals surface area contributed by atoms with E-state index in [9.17, 15) is 9.59 Å². The average Bonchev–Trinajstić information content (AvgIpc) is 2.98. The number of hydrogen-bond acceptors (Lipinski definition) is 5. The molecule has 3 aromatic rings. The lowest BCUT2D eigenvalue weighted by Gasteiger charge is -2.08. The molecule has 1 aromatic carbocycles. The molecule has 106 valence electrons. The Labute approximate surface area is 127 Å². The first-order valence-electron chi connectivity index (χ1n) is 5.96. The molecule has 1 amide bonds. The van der Waals surface area contributed by atoms with Crippen LogP contribution in [0.25, 0.3) is 9.40 Å². The molecule has 0 unspecified atom stereocenters. The first kappa shape index (κ1) is 13.6. The van der Waals surface area contributed by atoms with Gasteiger partial charge in [0.15, 0.2) is 0 Å². The lowest BCUT2D eigenvalue weighted by atomic mass is 10.1. The zero-order valence-corrected chi connectivity index (χ0v) is 12.3. The summed E-state index contributed by atoms with van der Waals surface area (Å²) in [5.74, 6) is -1.45. The molecule has 21 heavy (non-hydrogen) atoms. The molecular formula is C14H10N2O3S2. The highest BCUT2D eigenvalue weighted by atomic mass is 32.1. The second-order valence-corrected chi connectivity index (χ2v) is 6.36. The van der Waals surface area contributed by atoms with Gasteiger partial charge in [0, 0.05) is 15.1 Å². The number of nitrogens with two attached hydrogens (primary N) is 1. The van der Waals surface area contributed by atoms with Crippen molar-refractivity contribution in [1.82, 2.24) is 0 Å². The molecule has 0 atom stereocenters. The molecule has 0 saturated carbocycles. The Kier molecular flexibility index (Phi) is 3.36. The van der Waals surface area contributed by atoms with Crippen LogP contribution in [0.2, 0.25) is 0 Å². The van der Waals surface area contributed by atoms with Gasteiger partial charge in [-0.15, -0.1) is 22.7 Å². The lowest BCUT2D eigenvalue weighted by molar-refractivity contribution is 0.0698. The standard InChI is InChI=1S/C14H10N2O3S2/c15-7-1-2-8(14(18)19)9(5-7)16-13(17)12-6-11-10(21-12)3-4-20-11/h1-6H,15H2,(H,16,17)(H,18,19). The predicted molar refractivity (Wildman–Crippen MR) is 85.5 cm³/mol. The monoisotopic (exact) mass is 318 g/mol. The second kappa shape index (κ2) is 5.19. The minimum Gasteiger partial charge on any atom is -0.478 e. The highest BCUT2D eigenvalue weighted by Gasteiger charge is 2.16. The Bertz CT molecular complexity index is 822. The van der Waals surface area contributed by atoms with Gasteiger partial charge in [0.2, 0.25) is 0 Å². The van der Waals surface area contributed by atoms with E-state index in [4.69, 9.17) is 10.8 Å². The third-order valence-corrected chi connectivity index (χ3v) is 4.98. The summed E-state index contributed by atoms with van der Waals surface area (Å²) in [6.45, 7) is 0. The highest BCUT2D eigenvalue weighted by Crippen LogP contribution is 2.30. The second-order valence-electron chi connectivity index (χ2n) is 4.32. The number of fused-ring (bicyclic) bond motifs is 1. The molecule has 2 aromatic heterocycles. The molecule has 7 heteroatoms. The summed E-state index contributed by atoms with van der Waals surface area (Å²) in [5.41, 5.74) is 6.25. The number of amides is 1. The Morgan fingerprint density at radius 1 is 1.14 bits per heavy atom. The van der Waals surface area contributed by atoms with Crippen LogP contribution >= 0.6 is 22.7 Å². The van der Waals surface area contributed by atoms with E-state index in [1.807, 2.05) is 11.4 Å².